The van der Waals surface area contributed by atoms with Crippen molar-refractivity contribution in [1.82, 2.24) is 19.8 Å². The highest BCUT2D eigenvalue weighted by Gasteiger charge is 2.13. The first-order valence-electron chi connectivity index (χ1n) is 5.49. The average molecular weight is 264 g/mol. The summed E-state index contributed by atoms with van der Waals surface area (Å²) in [6.45, 7) is 4.35. The molecule has 3 aromatic heterocycles. The molecule has 0 saturated heterocycles. The van der Waals surface area contributed by atoms with Gasteiger partial charge in [0.1, 0.15) is 0 Å². The third kappa shape index (κ3) is 1.98. The lowest BCUT2D eigenvalue weighted by Gasteiger charge is -1.99. The van der Waals surface area contributed by atoms with Crippen LogP contribution in [0.1, 0.15) is 19.7 Å². The average Bonchev–Trinajstić information content (AvgIpc) is 2.93. The molecule has 0 unspecified atom stereocenters. The van der Waals surface area contributed by atoms with Gasteiger partial charge >= 0.3 is 0 Å². The Hall–Kier alpha value is -1.27. The van der Waals surface area contributed by atoms with Crippen molar-refractivity contribution in [3.05, 3.63) is 23.3 Å². The van der Waals surface area contributed by atoms with E-state index in [-0.39, 0.29) is 0 Å². The summed E-state index contributed by atoms with van der Waals surface area (Å²) < 4.78 is 1.87. The van der Waals surface area contributed by atoms with Gasteiger partial charge in [-0.2, -0.15) is 9.61 Å². The highest BCUT2D eigenvalue weighted by molar-refractivity contribution is 7.23. The van der Waals surface area contributed by atoms with Gasteiger partial charge in [-0.1, -0.05) is 31.3 Å². The van der Waals surface area contributed by atoms with Gasteiger partial charge in [0.2, 0.25) is 4.96 Å². The van der Waals surface area contributed by atoms with Crippen molar-refractivity contribution in [2.45, 2.75) is 20.3 Å². The Morgan fingerprint density at radius 3 is 2.94 bits per heavy atom. The molecule has 0 N–H and O–H groups in total. The van der Waals surface area contributed by atoms with Gasteiger partial charge in [-0.3, -0.25) is 0 Å². The summed E-state index contributed by atoms with van der Waals surface area (Å²) in [4.78, 5) is 2.07. The zero-order chi connectivity index (χ0) is 11.8. The highest BCUT2D eigenvalue weighted by atomic mass is 32.1. The van der Waals surface area contributed by atoms with E-state index in [0.717, 1.165) is 22.2 Å². The Morgan fingerprint density at radius 2 is 2.24 bits per heavy atom. The minimum atomic E-state index is 0.564. The number of hydrogen-bond acceptors (Lipinski definition) is 5. The van der Waals surface area contributed by atoms with E-state index in [1.165, 1.54) is 4.88 Å². The predicted molar refractivity (Wildman–Crippen MR) is 70.5 cm³/mol. The van der Waals surface area contributed by atoms with Crippen LogP contribution in [0.2, 0.25) is 0 Å². The maximum Gasteiger partial charge on any atom is 0.235 e. The van der Waals surface area contributed by atoms with Gasteiger partial charge in [0, 0.05) is 6.42 Å². The molecule has 0 aliphatic rings. The van der Waals surface area contributed by atoms with Gasteiger partial charge in [0.05, 0.1) is 4.88 Å². The first-order chi connectivity index (χ1) is 8.24. The Balaban J connectivity index is 2.05. The van der Waals surface area contributed by atoms with Crippen molar-refractivity contribution in [3.8, 4) is 9.88 Å². The summed E-state index contributed by atoms with van der Waals surface area (Å²) in [5.41, 5.74) is 0. The molecule has 6 heteroatoms. The Labute approximate surface area is 107 Å². The van der Waals surface area contributed by atoms with Crippen molar-refractivity contribution in [2.24, 2.45) is 5.92 Å². The number of thiophene rings is 1. The number of nitrogens with zero attached hydrogens (tertiary/aromatic N) is 4. The Morgan fingerprint density at radius 1 is 1.35 bits per heavy atom. The minimum absolute atomic E-state index is 0.564. The van der Waals surface area contributed by atoms with E-state index < -0.39 is 0 Å². The Bertz CT molecular complexity index is 621. The summed E-state index contributed by atoms with van der Waals surface area (Å²) in [6.07, 6.45) is 0.911. The molecule has 0 radical (unpaired) electrons. The molecule has 3 heterocycles. The van der Waals surface area contributed by atoms with Gasteiger partial charge in [-0.05, 0) is 17.4 Å². The van der Waals surface area contributed by atoms with Crippen molar-refractivity contribution in [1.29, 1.82) is 0 Å². The van der Waals surface area contributed by atoms with Crippen molar-refractivity contribution in [2.75, 3.05) is 0 Å². The second kappa shape index (κ2) is 4.19. The molecular formula is C11H12N4S2. The Kier molecular flexibility index (Phi) is 2.68. The summed E-state index contributed by atoms with van der Waals surface area (Å²) in [7, 11) is 0. The summed E-state index contributed by atoms with van der Waals surface area (Å²) in [6, 6.07) is 4.12. The lowest BCUT2D eigenvalue weighted by atomic mass is 10.1. The molecule has 3 rings (SSSR count). The van der Waals surface area contributed by atoms with Crippen LogP contribution in [0.15, 0.2) is 17.5 Å². The van der Waals surface area contributed by atoms with Crippen molar-refractivity contribution >= 4 is 27.6 Å². The molecule has 0 fully saturated rings. The number of aromatic nitrogens is 4. The fourth-order valence-electron chi connectivity index (χ4n) is 1.65. The normalized spacial score (nSPS) is 11.7. The summed E-state index contributed by atoms with van der Waals surface area (Å²) in [5.74, 6) is 1.52. The van der Waals surface area contributed by atoms with Crippen LogP contribution in [-0.4, -0.2) is 19.8 Å². The van der Waals surface area contributed by atoms with E-state index in [4.69, 9.17) is 0 Å². The zero-order valence-corrected chi connectivity index (χ0v) is 11.3. The fourth-order valence-corrected chi connectivity index (χ4v) is 3.30. The van der Waals surface area contributed by atoms with E-state index in [2.05, 4.69) is 40.6 Å². The van der Waals surface area contributed by atoms with Crippen LogP contribution in [0.25, 0.3) is 14.8 Å². The van der Waals surface area contributed by atoms with Crippen LogP contribution in [0, 0.1) is 5.92 Å². The quantitative estimate of drug-likeness (QED) is 0.730. The van der Waals surface area contributed by atoms with Gasteiger partial charge in [0.25, 0.3) is 0 Å². The molecule has 88 valence electrons. The fraction of sp³-hybridized carbons (Fsp3) is 0.364. The topological polar surface area (TPSA) is 43.1 Å². The molecular weight excluding hydrogens is 252 g/mol. The van der Waals surface area contributed by atoms with E-state index in [0.29, 0.717) is 5.92 Å². The van der Waals surface area contributed by atoms with Crippen LogP contribution in [0.4, 0.5) is 0 Å². The first-order valence-corrected chi connectivity index (χ1v) is 7.18. The van der Waals surface area contributed by atoms with Crippen molar-refractivity contribution in [3.63, 3.8) is 0 Å². The van der Waals surface area contributed by atoms with E-state index >= 15 is 0 Å². The monoisotopic (exact) mass is 264 g/mol. The molecule has 0 aliphatic heterocycles. The summed E-state index contributed by atoms with van der Waals surface area (Å²) in [5, 5.41) is 16.0. The lowest BCUT2D eigenvalue weighted by molar-refractivity contribution is 0.607. The molecule has 0 aromatic carbocycles. The maximum atomic E-state index is 4.59. The molecule has 0 amide bonds. The van der Waals surface area contributed by atoms with Gasteiger partial charge in [-0.25, -0.2) is 0 Å². The van der Waals surface area contributed by atoms with E-state index in [1.54, 1.807) is 22.7 Å². The van der Waals surface area contributed by atoms with Crippen LogP contribution in [0.3, 0.4) is 0 Å². The van der Waals surface area contributed by atoms with E-state index in [1.807, 2.05) is 10.6 Å². The molecule has 17 heavy (non-hydrogen) atoms. The van der Waals surface area contributed by atoms with Gasteiger partial charge < -0.3 is 0 Å². The predicted octanol–water partition coefficient (Wildman–Crippen LogP) is 3.11. The van der Waals surface area contributed by atoms with Gasteiger partial charge in [-0.15, -0.1) is 21.5 Å². The summed E-state index contributed by atoms with van der Waals surface area (Å²) >= 11 is 3.29. The molecule has 3 aromatic rings. The lowest BCUT2D eigenvalue weighted by Crippen LogP contribution is -2.01. The second-order valence-corrected chi connectivity index (χ2v) is 6.20. The maximum absolute atomic E-state index is 4.59. The van der Waals surface area contributed by atoms with Crippen molar-refractivity contribution < 1.29 is 0 Å². The molecule has 0 atom stereocenters. The SMILES string of the molecule is CC(C)Cc1nnc2sc(-c3cccs3)nn12. The van der Waals surface area contributed by atoms with Gasteiger partial charge in [0.15, 0.2) is 10.8 Å². The largest absolute Gasteiger partial charge is 0.235 e. The molecule has 0 spiro atoms. The number of hydrogen-bond donors (Lipinski definition) is 0. The van der Waals surface area contributed by atoms with Crippen LogP contribution in [-0.2, 0) is 6.42 Å². The molecule has 0 saturated carbocycles. The highest BCUT2D eigenvalue weighted by Crippen LogP contribution is 2.29. The number of rotatable bonds is 3. The standard InChI is InChI=1S/C11H12N4S2/c1-7(2)6-9-12-13-11-15(9)14-10(17-11)8-4-3-5-16-8/h3-5,7H,6H2,1-2H3. The third-order valence-corrected chi connectivity index (χ3v) is 4.32. The van der Waals surface area contributed by atoms with Crippen LogP contribution < -0.4 is 0 Å². The van der Waals surface area contributed by atoms with Crippen LogP contribution >= 0.6 is 22.7 Å². The zero-order valence-electron chi connectivity index (χ0n) is 9.62. The number of fused-ring (bicyclic) bond motifs is 1. The third-order valence-electron chi connectivity index (χ3n) is 2.38. The van der Waals surface area contributed by atoms with E-state index in [9.17, 15) is 0 Å². The second-order valence-electron chi connectivity index (χ2n) is 4.29. The molecule has 4 nitrogen and oxygen atoms in total. The smallest absolute Gasteiger partial charge is 0.187 e. The van der Waals surface area contributed by atoms with Crippen LogP contribution in [0.5, 0.6) is 0 Å². The first kappa shape index (κ1) is 10.9. The molecule has 0 aliphatic carbocycles. The molecule has 0 bridgehead atoms. The minimum Gasteiger partial charge on any atom is -0.187 e.